The minimum Gasteiger partial charge on any atom is -0.493 e. The summed E-state index contributed by atoms with van der Waals surface area (Å²) >= 11 is 0. The quantitative estimate of drug-likeness (QED) is 0.310. The zero-order valence-corrected chi connectivity index (χ0v) is 19.4. The maximum absolute atomic E-state index is 5.69. The summed E-state index contributed by atoms with van der Waals surface area (Å²) in [5.74, 6) is 2.71. The molecule has 0 aliphatic heterocycles. The van der Waals surface area contributed by atoms with Crippen molar-refractivity contribution in [3.63, 3.8) is 0 Å². The van der Waals surface area contributed by atoms with Gasteiger partial charge in [-0.05, 0) is 46.5 Å². The van der Waals surface area contributed by atoms with Crippen LogP contribution < -0.4 is 18.9 Å². The molecule has 4 aromatic carbocycles. The van der Waals surface area contributed by atoms with Crippen molar-refractivity contribution >= 4 is 0 Å². The average molecular weight is 441 g/mol. The zero-order chi connectivity index (χ0) is 23.3. The van der Waals surface area contributed by atoms with Crippen molar-refractivity contribution in [3.8, 4) is 23.0 Å². The van der Waals surface area contributed by atoms with Crippen LogP contribution in [0, 0.1) is 0 Å². The van der Waals surface area contributed by atoms with Crippen LogP contribution in [0.4, 0.5) is 0 Å². The first-order valence-electron chi connectivity index (χ1n) is 10.7. The second-order valence-corrected chi connectivity index (χ2v) is 7.62. The number of methoxy groups -OCH3 is 4. The van der Waals surface area contributed by atoms with Gasteiger partial charge in [0.2, 0.25) is 0 Å². The highest BCUT2D eigenvalue weighted by Crippen LogP contribution is 2.48. The van der Waals surface area contributed by atoms with Crippen LogP contribution in [0.25, 0.3) is 0 Å². The molecule has 0 spiro atoms. The van der Waals surface area contributed by atoms with Gasteiger partial charge in [-0.25, -0.2) is 0 Å². The molecular formula is C29H28O4. The van der Waals surface area contributed by atoms with E-state index in [4.69, 9.17) is 18.9 Å². The highest BCUT2D eigenvalue weighted by molar-refractivity contribution is 5.63. The van der Waals surface area contributed by atoms with Gasteiger partial charge >= 0.3 is 0 Å². The lowest BCUT2D eigenvalue weighted by atomic mass is 9.65. The second kappa shape index (κ2) is 9.70. The summed E-state index contributed by atoms with van der Waals surface area (Å²) in [6, 6.07) is 33.1. The maximum Gasteiger partial charge on any atom is 0.161 e. The molecule has 0 amide bonds. The number of ether oxygens (including phenoxy) is 4. The maximum atomic E-state index is 5.69. The van der Waals surface area contributed by atoms with Crippen LogP contribution in [0.2, 0.25) is 0 Å². The predicted molar refractivity (Wildman–Crippen MR) is 131 cm³/mol. The van der Waals surface area contributed by atoms with E-state index >= 15 is 0 Å². The Morgan fingerprint density at radius 2 is 0.758 bits per heavy atom. The first-order chi connectivity index (χ1) is 16.2. The Hall–Kier alpha value is -3.92. The second-order valence-electron chi connectivity index (χ2n) is 7.62. The highest BCUT2D eigenvalue weighted by atomic mass is 16.5. The molecule has 4 rings (SSSR count). The van der Waals surface area contributed by atoms with Crippen LogP contribution in [-0.4, -0.2) is 28.4 Å². The Kier molecular flexibility index (Phi) is 6.55. The molecule has 0 aromatic heterocycles. The van der Waals surface area contributed by atoms with E-state index in [2.05, 4.69) is 72.8 Å². The fraction of sp³-hybridized carbons (Fsp3) is 0.172. The smallest absolute Gasteiger partial charge is 0.161 e. The molecule has 0 N–H and O–H groups in total. The monoisotopic (exact) mass is 440 g/mol. The van der Waals surface area contributed by atoms with E-state index in [-0.39, 0.29) is 0 Å². The molecule has 0 aliphatic rings. The van der Waals surface area contributed by atoms with E-state index < -0.39 is 5.41 Å². The third-order valence-electron chi connectivity index (χ3n) is 6.05. The highest BCUT2D eigenvalue weighted by Gasteiger charge is 2.39. The van der Waals surface area contributed by atoms with Crippen LogP contribution in [0.5, 0.6) is 23.0 Å². The molecular weight excluding hydrogens is 412 g/mol. The lowest BCUT2D eigenvalue weighted by molar-refractivity contribution is 0.353. The molecule has 0 heterocycles. The van der Waals surface area contributed by atoms with E-state index in [0.717, 1.165) is 22.3 Å². The van der Waals surface area contributed by atoms with Crippen molar-refractivity contribution in [2.45, 2.75) is 5.41 Å². The molecule has 0 aliphatic carbocycles. The Bertz CT molecular complexity index is 1110. The van der Waals surface area contributed by atoms with E-state index in [9.17, 15) is 0 Å². The summed E-state index contributed by atoms with van der Waals surface area (Å²) in [6.07, 6.45) is 0. The molecule has 0 bridgehead atoms. The first kappa shape index (κ1) is 22.3. The molecule has 0 unspecified atom stereocenters. The van der Waals surface area contributed by atoms with E-state index in [0.29, 0.717) is 23.0 Å². The van der Waals surface area contributed by atoms with Gasteiger partial charge in [0.15, 0.2) is 23.0 Å². The van der Waals surface area contributed by atoms with Crippen LogP contribution in [0.1, 0.15) is 22.3 Å². The summed E-state index contributed by atoms with van der Waals surface area (Å²) in [6.45, 7) is 0. The molecule has 4 heteroatoms. The van der Waals surface area contributed by atoms with Gasteiger partial charge in [-0.3, -0.25) is 0 Å². The molecule has 33 heavy (non-hydrogen) atoms. The Morgan fingerprint density at radius 1 is 0.394 bits per heavy atom. The van der Waals surface area contributed by atoms with Gasteiger partial charge in [0.25, 0.3) is 0 Å². The summed E-state index contributed by atoms with van der Waals surface area (Å²) in [5, 5.41) is 0. The van der Waals surface area contributed by atoms with Gasteiger partial charge in [0.05, 0.1) is 33.9 Å². The SMILES string of the molecule is COc1ccc(C(c2ccccc2)(c2ccccc2)c2ccc(OC)c(OC)c2)cc1OC. The van der Waals surface area contributed by atoms with Gasteiger partial charge in [0.1, 0.15) is 0 Å². The van der Waals surface area contributed by atoms with Gasteiger partial charge < -0.3 is 18.9 Å². The third kappa shape index (κ3) is 3.89. The number of hydrogen-bond acceptors (Lipinski definition) is 4. The van der Waals surface area contributed by atoms with E-state index in [1.165, 1.54) is 0 Å². The standard InChI is InChI=1S/C29H28O4/c1-30-25-17-15-23(19-27(25)32-3)29(21-11-7-5-8-12-21,22-13-9-6-10-14-22)24-16-18-26(31-2)28(20-24)33-4/h5-20H,1-4H3. The molecule has 0 atom stereocenters. The molecule has 0 saturated carbocycles. The van der Waals surface area contributed by atoms with Gasteiger partial charge in [-0.15, -0.1) is 0 Å². The Morgan fingerprint density at radius 3 is 1.09 bits per heavy atom. The largest absolute Gasteiger partial charge is 0.493 e. The van der Waals surface area contributed by atoms with Crippen molar-refractivity contribution in [1.82, 2.24) is 0 Å². The third-order valence-corrected chi connectivity index (χ3v) is 6.05. The van der Waals surface area contributed by atoms with E-state index in [1.54, 1.807) is 28.4 Å². The van der Waals surface area contributed by atoms with Gasteiger partial charge in [-0.2, -0.15) is 0 Å². The summed E-state index contributed by atoms with van der Waals surface area (Å²) in [4.78, 5) is 0. The fourth-order valence-corrected chi connectivity index (χ4v) is 4.52. The Balaban J connectivity index is 2.14. The van der Waals surface area contributed by atoms with Crippen LogP contribution in [0.3, 0.4) is 0 Å². The van der Waals surface area contributed by atoms with Crippen LogP contribution in [-0.2, 0) is 5.41 Å². The molecule has 0 radical (unpaired) electrons. The zero-order valence-electron chi connectivity index (χ0n) is 19.4. The van der Waals surface area contributed by atoms with Gasteiger partial charge in [-0.1, -0.05) is 72.8 Å². The number of hydrogen-bond donors (Lipinski definition) is 0. The van der Waals surface area contributed by atoms with Crippen molar-refractivity contribution in [1.29, 1.82) is 0 Å². The fourth-order valence-electron chi connectivity index (χ4n) is 4.52. The van der Waals surface area contributed by atoms with Gasteiger partial charge in [0, 0.05) is 0 Å². The summed E-state index contributed by atoms with van der Waals surface area (Å²) in [5.41, 5.74) is 3.70. The molecule has 0 fully saturated rings. The van der Waals surface area contributed by atoms with Crippen molar-refractivity contribution in [2.24, 2.45) is 0 Å². The lowest BCUT2D eigenvalue weighted by Crippen LogP contribution is -2.31. The van der Waals surface area contributed by atoms with Crippen LogP contribution in [0.15, 0.2) is 97.1 Å². The summed E-state index contributed by atoms with van der Waals surface area (Å²) < 4.78 is 22.4. The minimum absolute atomic E-state index is 0.637. The predicted octanol–water partition coefficient (Wildman–Crippen LogP) is 6.10. The van der Waals surface area contributed by atoms with Crippen LogP contribution >= 0.6 is 0 Å². The topological polar surface area (TPSA) is 36.9 Å². The average Bonchev–Trinajstić information content (AvgIpc) is 2.90. The minimum atomic E-state index is -0.637. The molecule has 0 saturated heterocycles. The number of benzene rings is 4. The lowest BCUT2D eigenvalue weighted by Gasteiger charge is -2.37. The molecule has 168 valence electrons. The van der Waals surface area contributed by atoms with Crippen molar-refractivity contribution in [3.05, 3.63) is 119 Å². The molecule has 4 aromatic rings. The Labute approximate surface area is 195 Å². The number of rotatable bonds is 8. The molecule has 4 nitrogen and oxygen atoms in total. The van der Waals surface area contributed by atoms with Crippen molar-refractivity contribution in [2.75, 3.05) is 28.4 Å². The normalized spacial score (nSPS) is 11.0. The summed E-state index contributed by atoms with van der Waals surface area (Å²) in [7, 11) is 6.61. The van der Waals surface area contributed by atoms with Crippen molar-refractivity contribution < 1.29 is 18.9 Å². The van der Waals surface area contributed by atoms with E-state index in [1.807, 2.05) is 24.3 Å². The first-order valence-corrected chi connectivity index (χ1v) is 10.7.